The molecule has 0 bridgehead atoms. The molecule has 122 valence electrons. The largest absolute Gasteiger partial charge is 0.416 e. The van der Waals surface area contributed by atoms with Gasteiger partial charge in [-0.05, 0) is 54.7 Å². The Balaban J connectivity index is 1.84. The molecule has 3 nitrogen and oxygen atoms in total. The Morgan fingerprint density at radius 2 is 1.39 bits per heavy atom. The van der Waals surface area contributed by atoms with Gasteiger partial charge in [0.2, 0.25) is 0 Å². The number of nitrogens with two attached hydrogens (primary N) is 1. The molecular weight excluding hydrogens is 307 g/mol. The summed E-state index contributed by atoms with van der Waals surface area (Å²) in [6, 6.07) is 12.2. The summed E-state index contributed by atoms with van der Waals surface area (Å²) in [6.45, 7) is 0. The van der Waals surface area contributed by atoms with E-state index >= 15 is 0 Å². The van der Waals surface area contributed by atoms with E-state index in [1.807, 2.05) is 12.1 Å². The number of alkyl halides is 3. The van der Waals surface area contributed by atoms with E-state index in [1.54, 1.807) is 12.1 Å². The third kappa shape index (κ3) is 5.32. The molecule has 0 aliphatic carbocycles. The van der Waals surface area contributed by atoms with Crippen LogP contribution in [0.15, 0.2) is 48.5 Å². The highest BCUT2D eigenvalue weighted by molar-refractivity contribution is 5.67. The molecule has 0 saturated heterocycles. The number of amides is 1. The maximum Gasteiger partial charge on any atom is 0.416 e. The van der Waals surface area contributed by atoms with Gasteiger partial charge in [-0.15, -0.1) is 0 Å². The van der Waals surface area contributed by atoms with Gasteiger partial charge < -0.3 is 10.5 Å². The molecule has 0 fully saturated rings. The van der Waals surface area contributed by atoms with Crippen LogP contribution in [0.2, 0.25) is 0 Å². The quantitative estimate of drug-likeness (QED) is 0.890. The Morgan fingerprint density at radius 3 is 1.83 bits per heavy atom. The second-order valence-corrected chi connectivity index (χ2v) is 5.11. The van der Waals surface area contributed by atoms with Gasteiger partial charge in [0, 0.05) is 0 Å². The van der Waals surface area contributed by atoms with Gasteiger partial charge in [-0.2, -0.15) is 13.2 Å². The summed E-state index contributed by atoms with van der Waals surface area (Å²) in [5, 5.41) is 0. The van der Waals surface area contributed by atoms with Crippen molar-refractivity contribution in [3.8, 4) is 5.75 Å². The van der Waals surface area contributed by atoms with Crippen LogP contribution in [0, 0.1) is 0 Å². The summed E-state index contributed by atoms with van der Waals surface area (Å²) >= 11 is 0. The van der Waals surface area contributed by atoms with Gasteiger partial charge in [0.1, 0.15) is 5.75 Å². The van der Waals surface area contributed by atoms with Gasteiger partial charge in [-0.1, -0.05) is 24.3 Å². The minimum absolute atomic E-state index is 0.379. The fourth-order valence-corrected chi connectivity index (χ4v) is 2.20. The second kappa shape index (κ2) is 7.17. The van der Waals surface area contributed by atoms with Crippen molar-refractivity contribution in [2.24, 2.45) is 5.73 Å². The zero-order valence-corrected chi connectivity index (χ0v) is 12.3. The highest BCUT2D eigenvalue weighted by Gasteiger charge is 2.29. The molecule has 2 aromatic carbocycles. The normalized spacial score (nSPS) is 11.3. The van der Waals surface area contributed by atoms with E-state index in [2.05, 4.69) is 0 Å². The number of carbonyl (C=O) groups is 1. The molecule has 23 heavy (non-hydrogen) atoms. The first-order valence-corrected chi connectivity index (χ1v) is 7.07. The molecule has 0 heterocycles. The fourth-order valence-electron chi connectivity index (χ4n) is 2.20. The molecule has 2 aromatic rings. The van der Waals surface area contributed by atoms with Gasteiger partial charge in [-0.3, -0.25) is 0 Å². The molecule has 2 rings (SSSR count). The van der Waals surface area contributed by atoms with Crippen molar-refractivity contribution in [3.05, 3.63) is 65.2 Å². The number of hydrogen-bond donors (Lipinski definition) is 1. The van der Waals surface area contributed by atoms with Crippen molar-refractivity contribution in [1.29, 1.82) is 0 Å². The SMILES string of the molecule is NC(=O)Oc1ccc(CCCc2ccc(C(F)(F)F)cc2)cc1. The van der Waals surface area contributed by atoms with E-state index < -0.39 is 17.8 Å². The molecule has 2 N–H and O–H groups in total. The molecule has 0 spiro atoms. The van der Waals surface area contributed by atoms with Crippen LogP contribution in [0.5, 0.6) is 5.75 Å². The van der Waals surface area contributed by atoms with Gasteiger partial charge in [-0.25, -0.2) is 4.79 Å². The molecule has 0 aliphatic heterocycles. The van der Waals surface area contributed by atoms with E-state index in [9.17, 15) is 18.0 Å². The monoisotopic (exact) mass is 323 g/mol. The molecule has 0 radical (unpaired) electrons. The van der Waals surface area contributed by atoms with Crippen molar-refractivity contribution in [2.45, 2.75) is 25.4 Å². The molecule has 0 unspecified atom stereocenters. The molecule has 6 heteroatoms. The van der Waals surface area contributed by atoms with Crippen LogP contribution in [0.25, 0.3) is 0 Å². The number of rotatable bonds is 5. The van der Waals surface area contributed by atoms with Gasteiger partial charge in [0.15, 0.2) is 0 Å². The number of ether oxygens (including phenoxy) is 1. The molecular formula is C17H16F3NO2. The summed E-state index contributed by atoms with van der Waals surface area (Å²) in [5.74, 6) is 0.379. The van der Waals surface area contributed by atoms with E-state index in [0.717, 1.165) is 36.1 Å². The average molecular weight is 323 g/mol. The van der Waals surface area contributed by atoms with Crippen LogP contribution in [0.4, 0.5) is 18.0 Å². The summed E-state index contributed by atoms with van der Waals surface area (Å²) in [7, 11) is 0. The minimum atomic E-state index is -4.30. The summed E-state index contributed by atoms with van der Waals surface area (Å²) in [5.41, 5.74) is 6.20. The molecule has 0 saturated carbocycles. The highest BCUT2D eigenvalue weighted by Crippen LogP contribution is 2.29. The first-order chi connectivity index (χ1) is 10.8. The predicted molar refractivity (Wildman–Crippen MR) is 80.1 cm³/mol. The first-order valence-electron chi connectivity index (χ1n) is 7.07. The lowest BCUT2D eigenvalue weighted by Gasteiger charge is -2.08. The zero-order chi connectivity index (χ0) is 16.9. The minimum Gasteiger partial charge on any atom is -0.411 e. The summed E-state index contributed by atoms with van der Waals surface area (Å²) < 4.78 is 42.1. The van der Waals surface area contributed by atoms with Crippen molar-refractivity contribution in [2.75, 3.05) is 0 Å². The van der Waals surface area contributed by atoms with Crippen LogP contribution in [-0.4, -0.2) is 6.09 Å². The highest BCUT2D eigenvalue weighted by atomic mass is 19.4. The number of halogens is 3. The Morgan fingerprint density at radius 1 is 0.913 bits per heavy atom. The molecule has 0 aromatic heterocycles. The molecule has 1 amide bonds. The van der Waals surface area contributed by atoms with Crippen molar-refractivity contribution in [1.82, 2.24) is 0 Å². The van der Waals surface area contributed by atoms with Gasteiger partial charge in [0.05, 0.1) is 5.56 Å². The first kappa shape index (κ1) is 16.9. The summed E-state index contributed by atoms with van der Waals surface area (Å²) in [4.78, 5) is 10.6. The van der Waals surface area contributed by atoms with E-state index in [0.29, 0.717) is 12.2 Å². The van der Waals surface area contributed by atoms with Crippen LogP contribution in [0.1, 0.15) is 23.1 Å². The van der Waals surface area contributed by atoms with Crippen molar-refractivity contribution in [3.63, 3.8) is 0 Å². The molecule has 0 aliphatic rings. The second-order valence-electron chi connectivity index (χ2n) is 5.11. The van der Waals surface area contributed by atoms with Crippen LogP contribution in [-0.2, 0) is 19.0 Å². The fraction of sp³-hybridized carbons (Fsp3) is 0.235. The smallest absolute Gasteiger partial charge is 0.411 e. The van der Waals surface area contributed by atoms with E-state index in [1.165, 1.54) is 12.1 Å². The average Bonchev–Trinajstić information content (AvgIpc) is 2.48. The zero-order valence-electron chi connectivity index (χ0n) is 12.3. The lowest BCUT2D eigenvalue weighted by atomic mass is 10.0. The Kier molecular flexibility index (Phi) is 5.26. The van der Waals surface area contributed by atoms with Gasteiger partial charge in [0.25, 0.3) is 0 Å². The maximum atomic E-state index is 12.5. The standard InChI is InChI=1S/C17H16F3NO2/c18-17(19,20)14-8-4-12(5-9-14)2-1-3-13-6-10-15(11-7-13)23-16(21)22/h4-11H,1-3H2,(H2,21,22). The van der Waals surface area contributed by atoms with Crippen molar-refractivity contribution >= 4 is 6.09 Å². The number of benzene rings is 2. The van der Waals surface area contributed by atoms with Crippen LogP contribution in [0.3, 0.4) is 0 Å². The van der Waals surface area contributed by atoms with E-state index in [-0.39, 0.29) is 0 Å². The van der Waals surface area contributed by atoms with Gasteiger partial charge >= 0.3 is 12.3 Å². The van der Waals surface area contributed by atoms with Crippen molar-refractivity contribution < 1.29 is 22.7 Å². The third-order valence-corrected chi connectivity index (χ3v) is 3.35. The van der Waals surface area contributed by atoms with E-state index in [4.69, 9.17) is 10.5 Å². The summed E-state index contributed by atoms with van der Waals surface area (Å²) in [6.07, 6.45) is -2.88. The van der Waals surface area contributed by atoms with Crippen LogP contribution >= 0.6 is 0 Å². The lowest BCUT2D eigenvalue weighted by Crippen LogP contribution is -2.16. The predicted octanol–water partition coefficient (Wildman–Crippen LogP) is 4.34. The topological polar surface area (TPSA) is 52.3 Å². The Hall–Kier alpha value is -2.50. The number of primary amides is 1. The Labute approximate surface area is 131 Å². The maximum absolute atomic E-state index is 12.5. The number of carbonyl (C=O) groups excluding carboxylic acids is 1. The Bertz CT molecular complexity index is 649. The number of aryl methyl sites for hydroxylation is 2. The molecule has 0 atom stereocenters. The third-order valence-electron chi connectivity index (χ3n) is 3.35. The number of hydrogen-bond acceptors (Lipinski definition) is 2. The van der Waals surface area contributed by atoms with Crippen LogP contribution < -0.4 is 10.5 Å². The lowest BCUT2D eigenvalue weighted by molar-refractivity contribution is -0.137.